The first-order valence-corrected chi connectivity index (χ1v) is 8.94. The number of aryl methyl sites for hydroxylation is 1. The highest BCUT2D eigenvalue weighted by atomic mass is 32.2. The van der Waals surface area contributed by atoms with E-state index in [2.05, 4.69) is 40.3 Å². The molecule has 2 heterocycles. The van der Waals surface area contributed by atoms with Gasteiger partial charge in [-0.1, -0.05) is 65.9 Å². The van der Waals surface area contributed by atoms with Gasteiger partial charge in [0.1, 0.15) is 0 Å². The first-order valence-electron chi connectivity index (χ1n) is 7.95. The van der Waals surface area contributed by atoms with Gasteiger partial charge in [-0.3, -0.25) is 4.98 Å². The predicted octanol–water partition coefficient (Wildman–Crippen LogP) is 3.81. The van der Waals surface area contributed by atoms with Crippen molar-refractivity contribution in [3.8, 4) is 11.4 Å². The molecule has 0 saturated carbocycles. The van der Waals surface area contributed by atoms with Crippen molar-refractivity contribution in [2.45, 2.75) is 17.8 Å². The molecule has 0 aliphatic heterocycles. The highest BCUT2D eigenvalue weighted by molar-refractivity contribution is 7.98. The van der Waals surface area contributed by atoms with E-state index in [9.17, 15) is 0 Å². The molecule has 124 valence electrons. The molecule has 0 saturated heterocycles. The number of aromatic nitrogens is 4. The summed E-state index contributed by atoms with van der Waals surface area (Å²) in [5.74, 6) is 7.60. The van der Waals surface area contributed by atoms with E-state index in [4.69, 9.17) is 5.84 Å². The number of hydrogen-bond acceptors (Lipinski definition) is 5. The van der Waals surface area contributed by atoms with E-state index in [-0.39, 0.29) is 0 Å². The summed E-state index contributed by atoms with van der Waals surface area (Å²) in [4.78, 5) is 4.49. The zero-order chi connectivity index (χ0) is 17.2. The number of fused-ring (bicyclic) bond motifs is 1. The molecule has 0 unspecified atom stereocenters. The lowest BCUT2D eigenvalue weighted by molar-refractivity contribution is 0.849. The molecule has 25 heavy (non-hydrogen) atoms. The van der Waals surface area contributed by atoms with Gasteiger partial charge >= 0.3 is 0 Å². The van der Waals surface area contributed by atoms with E-state index < -0.39 is 0 Å². The molecule has 0 spiro atoms. The minimum Gasteiger partial charge on any atom is -0.335 e. The largest absolute Gasteiger partial charge is 0.335 e. The van der Waals surface area contributed by atoms with Crippen molar-refractivity contribution in [2.24, 2.45) is 0 Å². The van der Waals surface area contributed by atoms with Crippen LogP contribution in [0.25, 0.3) is 22.3 Å². The van der Waals surface area contributed by atoms with Crippen LogP contribution in [0.5, 0.6) is 0 Å². The summed E-state index contributed by atoms with van der Waals surface area (Å²) in [5, 5.41) is 10.3. The highest BCUT2D eigenvalue weighted by Gasteiger charge is 2.13. The number of nitrogen functional groups attached to an aromatic ring is 1. The minimum atomic E-state index is 0.665. The molecule has 2 aromatic heterocycles. The van der Waals surface area contributed by atoms with Crippen LogP contribution in [0.4, 0.5) is 0 Å². The smallest absolute Gasteiger partial charge is 0.210 e. The topological polar surface area (TPSA) is 69.6 Å². The SMILES string of the molecule is Cc1ccc(-c2nnc(SCc3cccc4cccnc34)n2N)cc1. The zero-order valence-corrected chi connectivity index (χ0v) is 14.6. The summed E-state index contributed by atoms with van der Waals surface area (Å²) >= 11 is 1.56. The van der Waals surface area contributed by atoms with Gasteiger partial charge in [-0.2, -0.15) is 0 Å². The number of hydrogen-bond donors (Lipinski definition) is 1. The molecule has 0 aliphatic rings. The third kappa shape index (κ3) is 3.08. The van der Waals surface area contributed by atoms with Gasteiger partial charge in [0, 0.05) is 22.9 Å². The molecule has 0 aliphatic carbocycles. The van der Waals surface area contributed by atoms with E-state index in [1.54, 1.807) is 16.4 Å². The number of pyridine rings is 1. The Hall–Kier alpha value is -2.86. The van der Waals surface area contributed by atoms with Crippen LogP contribution in [0.1, 0.15) is 11.1 Å². The van der Waals surface area contributed by atoms with Crippen LogP contribution in [0.2, 0.25) is 0 Å². The lowest BCUT2D eigenvalue weighted by Crippen LogP contribution is -2.11. The van der Waals surface area contributed by atoms with E-state index in [1.807, 2.05) is 42.6 Å². The molecule has 4 aromatic rings. The summed E-state index contributed by atoms with van der Waals surface area (Å²) in [6.07, 6.45) is 1.82. The Morgan fingerprint density at radius 2 is 1.80 bits per heavy atom. The Bertz CT molecular complexity index is 1020. The van der Waals surface area contributed by atoms with Gasteiger partial charge in [-0.25, -0.2) is 4.68 Å². The maximum atomic E-state index is 6.21. The van der Waals surface area contributed by atoms with Gasteiger partial charge in [0.15, 0.2) is 5.82 Å². The van der Waals surface area contributed by atoms with Gasteiger partial charge in [-0.05, 0) is 18.6 Å². The Morgan fingerprint density at radius 1 is 1.00 bits per heavy atom. The van der Waals surface area contributed by atoms with Crippen molar-refractivity contribution >= 4 is 22.7 Å². The second-order valence-electron chi connectivity index (χ2n) is 5.82. The van der Waals surface area contributed by atoms with Crippen LogP contribution >= 0.6 is 11.8 Å². The van der Waals surface area contributed by atoms with Crippen molar-refractivity contribution in [3.05, 3.63) is 71.9 Å². The summed E-state index contributed by atoms with van der Waals surface area (Å²) in [7, 11) is 0. The molecule has 6 heteroatoms. The number of thioether (sulfide) groups is 1. The summed E-state index contributed by atoms with van der Waals surface area (Å²) in [6, 6.07) is 18.3. The van der Waals surface area contributed by atoms with Gasteiger partial charge in [0.2, 0.25) is 5.16 Å². The monoisotopic (exact) mass is 347 g/mol. The Labute approximate surface area is 149 Å². The average Bonchev–Trinajstić information content (AvgIpc) is 3.01. The van der Waals surface area contributed by atoms with Gasteiger partial charge in [0.05, 0.1) is 5.52 Å². The van der Waals surface area contributed by atoms with E-state index >= 15 is 0 Å². The Kier molecular flexibility index (Phi) is 4.11. The van der Waals surface area contributed by atoms with Crippen LogP contribution in [0, 0.1) is 6.92 Å². The van der Waals surface area contributed by atoms with Crippen LogP contribution in [0.3, 0.4) is 0 Å². The molecule has 0 radical (unpaired) electrons. The van der Waals surface area contributed by atoms with E-state index in [0.29, 0.717) is 11.0 Å². The number of para-hydroxylation sites is 1. The minimum absolute atomic E-state index is 0.665. The van der Waals surface area contributed by atoms with Gasteiger partial charge < -0.3 is 5.84 Å². The highest BCUT2D eigenvalue weighted by Crippen LogP contribution is 2.27. The van der Waals surface area contributed by atoms with Crippen molar-refractivity contribution in [3.63, 3.8) is 0 Å². The summed E-state index contributed by atoms with van der Waals surface area (Å²) in [6.45, 7) is 2.05. The third-order valence-corrected chi connectivity index (χ3v) is 5.04. The third-order valence-electron chi connectivity index (χ3n) is 4.05. The Morgan fingerprint density at radius 3 is 2.64 bits per heavy atom. The Balaban J connectivity index is 1.58. The summed E-state index contributed by atoms with van der Waals surface area (Å²) in [5.41, 5.74) is 4.33. The number of rotatable bonds is 4. The number of nitrogens with zero attached hydrogens (tertiary/aromatic N) is 4. The lowest BCUT2D eigenvalue weighted by atomic mass is 10.1. The quantitative estimate of drug-likeness (QED) is 0.449. The first kappa shape index (κ1) is 15.7. The maximum absolute atomic E-state index is 6.21. The first-order chi connectivity index (χ1) is 12.2. The van der Waals surface area contributed by atoms with Crippen LogP contribution in [-0.4, -0.2) is 19.9 Å². The molecule has 0 amide bonds. The zero-order valence-electron chi connectivity index (χ0n) is 13.8. The van der Waals surface area contributed by atoms with Gasteiger partial charge in [-0.15, -0.1) is 10.2 Å². The number of nitrogens with two attached hydrogens (primary N) is 1. The van der Waals surface area contributed by atoms with Crippen molar-refractivity contribution in [1.29, 1.82) is 0 Å². The normalized spacial score (nSPS) is 11.1. The fraction of sp³-hybridized carbons (Fsp3) is 0.105. The molecule has 0 bridgehead atoms. The van der Waals surface area contributed by atoms with E-state index in [1.165, 1.54) is 5.56 Å². The summed E-state index contributed by atoms with van der Waals surface area (Å²) < 4.78 is 1.55. The van der Waals surface area contributed by atoms with Crippen molar-refractivity contribution in [1.82, 2.24) is 19.9 Å². The molecule has 5 nitrogen and oxygen atoms in total. The number of benzene rings is 2. The molecule has 0 fully saturated rings. The average molecular weight is 347 g/mol. The molecular weight excluding hydrogens is 330 g/mol. The molecule has 0 atom stereocenters. The molecule has 2 N–H and O–H groups in total. The fourth-order valence-electron chi connectivity index (χ4n) is 2.70. The van der Waals surface area contributed by atoms with Crippen LogP contribution < -0.4 is 5.84 Å². The predicted molar refractivity (Wildman–Crippen MR) is 102 cm³/mol. The standard InChI is InChI=1S/C19H17N5S/c1-13-7-9-15(10-8-13)18-22-23-19(24(18)20)25-12-16-5-2-4-14-6-3-11-21-17(14)16/h2-11H,12,20H2,1H3. The van der Waals surface area contributed by atoms with Gasteiger partial charge in [0.25, 0.3) is 0 Å². The second-order valence-corrected chi connectivity index (χ2v) is 6.77. The fourth-order valence-corrected chi connectivity index (χ4v) is 3.54. The van der Waals surface area contributed by atoms with Crippen molar-refractivity contribution < 1.29 is 0 Å². The maximum Gasteiger partial charge on any atom is 0.210 e. The van der Waals surface area contributed by atoms with Crippen LogP contribution in [0.15, 0.2) is 66.0 Å². The van der Waals surface area contributed by atoms with Crippen LogP contribution in [-0.2, 0) is 5.75 Å². The molecular formula is C19H17N5S. The molecule has 4 rings (SSSR count). The lowest BCUT2D eigenvalue weighted by Gasteiger charge is -2.06. The van der Waals surface area contributed by atoms with E-state index in [0.717, 1.165) is 27.8 Å². The second kappa shape index (κ2) is 6.57. The molecule has 2 aromatic carbocycles. The van der Waals surface area contributed by atoms with Crippen molar-refractivity contribution in [2.75, 3.05) is 5.84 Å².